The number of anilines is 6. The highest BCUT2D eigenvalue weighted by Crippen LogP contribution is 2.50. The Labute approximate surface area is 496 Å². The van der Waals surface area contributed by atoms with E-state index in [2.05, 4.69) is 313 Å². The molecular weight excluding hydrogens is 1040 g/mol. The van der Waals surface area contributed by atoms with Crippen LogP contribution in [0.2, 0.25) is 0 Å². The van der Waals surface area contributed by atoms with E-state index >= 15 is 0 Å². The zero-order valence-corrected chi connectivity index (χ0v) is 46.7. The molecule has 17 rings (SSSR count). The first kappa shape index (κ1) is 49.2. The van der Waals surface area contributed by atoms with Gasteiger partial charge in [0.1, 0.15) is 22.3 Å². The Bertz CT molecular complexity index is 5130. The Morgan fingerprint density at radius 3 is 0.919 bits per heavy atom. The van der Waals surface area contributed by atoms with Gasteiger partial charge >= 0.3 is 0 Å². The summed E-state index contributed by atoms with van der Waals surface area (Å²) in [6, 6.07) is 115. The number of hydrogen-bond donors (Lipinski definition) is 0. The first-order valence-electron chi connectivity index (χ1n) is 29.4. The molecule has 0 saturated heterocycles. The highest BCUT2D eigenvalue weighted by molar-refractivity contribution is 6.23. The summed E-state index contributed by atoms with van der Waals surface area (Å²) >= 11 is 0. The number of benzene rings is 15. The maximum absolute atomic E-state index is 6.62. The van der Waals surface area contributed by atoms with Crippen molar-refractivity contribution in [3.63, 3.8) is 0 Å². The summed E-state index contributed by atoms with van der Waals surface area (Å²) in [6.07, 6.45) is 0. The van der Waals surface area contributed by atoms with Crippen LogP contribution in [0.5, 0.6) is 0 Å². The third-order valence-corrected chi connectivity index (χ3v) is 17.4. The molecule has 0 aliphatic rings. The molecule has 0 N–H and O–H groups in total. The molecule has 0 saturated carbocycles. The Morgan fingerprint density at radius 2 is 0.488 bits per heavy atom. The van der Waals surface area contributed by atoms with Gasteiger partial charge in [-0.15, -0.1) is 0 Å². The molecule has 4 nitrogen and oxygen atoms in total. The van der Waals surface area contributed by atoms with E-state index in [9.17, 15) is 0 Å². The van der Waals surface area contributed by atoms with Crippen LogP contribution in [0, 0.1) is 0 Å². The van der Waals surface area contributed by atoms with E-state index in [-0.39, 0.29) is 0 Å². The number of furan rings is 2. The predicted octanol–water partition coefficient (Wildman–Crippen LogP) is 23.7. The van der Waals surface area contributed by atoms with E-state index < -0.39 is 0 Å². The minimum Gasteiger partial charge on any atom is -0.456 e. The van der Waals surface area contributed by atoms with Gasteiger partial charge in [0.25, 0.3) is 0 Å². The van der Waals surface area contributed by atoms with Gasteiger partial charge in [-0.25, -0.2) is 0 Å². The molecule has 15 aromatic carbocycles. The summed E-state index contributed by atoms with van der Waals surface area (Å²) in [5.41, 5.74) is 18.8. The molecule has 0 unspecified atom stereocenters. The SMILES string of the molecule is c1ccc(-c2ccc(N(c3ccc4c(c3)oc3ccccc34)c3ccc4c(-c5ccc6ccccc6c5)c5cc(N(c6ccc(-c7ccccc7)cc6)c6ccc7c(c6)oc6ccccc67)ccc5c(-c5ccc6ccccc6c5)c4c3)cc2)cc1. The second kappa shape index (κ2) is 20.2. The lowest BCUT2D eigenvalue weighted by Crippen LogP contribution is -2.10. The van der Waals surface area contributed by atoms with Crippen molar-refractivity contribution in [3.05, 3.63) is 315 Å². The van der Waals surface area contributed by atoms with Crippen LogP contribution in [0.1, 0.15) is 0 Å². The average Bonchev–Trinajstić information content (AvgIpc) is 1.21. The molecule has 17 aromatic rings. The fourth-order valence-electron chi connectivity index (χ4n) is 13.3. The highest BCUT2D eigenvalue weighted by Gasteiger charge is 2.24. The van der Waals surface area contributed by atoms with Crippen LogP contribution in [0.15, 0.2) is 324 Å². The molecule has 0 atom stereocenters. The van der Waals surface area contributed by atoms with Crippen LogP contribution < -0.4 is 9.80 Å². The molecule has 0 amide bonds. The van der Waals surface area contributed by atoms with Crippen molar-refractivity contribution in [3.8, 4) is 44.5 Å². The van der Waals surface area contributed by atoms with Gasteiger partial charge in [-0.2, -0.15) is 0 Å². The second-order valence-electron chi connectivity index (χ2n) is 22.4. The summed E-state index contributed by atoms with van der Waals surface area (Å²) in [5.74, 6) is 0. The maximum Gasteiger partial charge on any atom is 0.137 e. The molecular formula is C82H52N2O2. The summed E-state index contributed by atoms with van der Waals surface area (Å²) in [6.45, 7) is 0. The Hall–Kier alpha value is -11.5. The van der Waals surface area contributed by atoms with Crippen LogP contribution in [-0.2, 0) is 0 Å². The fraction of sp³-hybridized carbons (Fsp3) is 0. The summed E-state index contributed by atoms with van der Waals surface area (Å²) in [5, 5.41) is 13.7. The largest absolute Gasteiger partial charge is 0.456 e. The van der Waals surface area contributed by atoms with E-state index in [4.69, 9.17) is 8.83 Å². The van der Waals surface area contributed by atoms with E-state index in [1.54, 1.807) is 0 Å². The molecule has 2 aromatic heterocycles. The van der Waals surface area contributed by atoms with Crippen molar-refractivity contribution in [1.82, 2.24) is 0 Å². The summed E-state index contributed by atoms with van der Waals surface area (Å²) in [4.78, 5) is 4.77. The number of fused-ring (bicyclic) bond motifs is 10. The van der Waals surface area contributed by atoms with Gasteiger partial charge in [0.2, 0.25) is 0 Å². The van der Waals surface area contributed by atoms with Gasteiger partial charge in [-0.3, -0.25) is 0 Å². The van der Waals surface area contributed by atoms with Crippen molar-refractivity contribution in [2.24, 2.45) is 0 Å². The molecule has 0 aliphatic heterocycles. The van der Waals surface area contributed by atoms with Crippen LogP contribution in [0.3, 0.4) is 0 Å². The second-order valence-corrected chi connectivity index (χ2v) is 22.4. The molecule has 4 heteroatoms. The van der Waals surface area contributed by atoms with Gasteiger partial charge in [0, 0.05) is 67.8 Å². The lowest BCUT2D eigenvalue weighted by molar-refractivity contribution is 0.668. The van der Waals surface area contributed by atoms with Crippen molar-refractivity contribution >= 4 is 121 Å². The maximum atomic E-state index is 6.62. The minimum atomic E-state index is 0.839. The third kappa shape index (κ3) is 8.38. The van der Waals surface area contributed by atoms with Gasteiger partial charge < -0.3 is 18.6 Å². The standard InChI is InChI=1S/C82H52N2O2/c1-3-15-53(16-4-1)57-31-35-63(36-32-57)83(67-39-43-71-69-23-11-13-25-77(69)85-79(71)51-67)65-41-45-73-75(49-65)81(61-29-27-55-19-7-9-21-59(55)47-61)74-46-42-66(50-76(74)82(73)62-30-28-56-20-8-10-22-60(56)48-62)84(64-37-33-58(34-38-64)54-17-5-2-6-18-54)68-40-44-72-70-24-12-14-26-78(70)86-80(72)52-68/h1-52H. The van der Waals surface area contributed by atoms with E-state index in [1.807, 2.05) is 12.1 Å². The molecule has 0 fully saturated rings. The van der Waals surface area contributed by atoms with E-state index in [1.165, 1.54) is 32.7 Å². The molecule has 0 radical (unpaired) electrons. The van der Waals surface area contributed by atoms with Crippen LogP contribution in [0.4, 0.5) is 34.1 Å². The van der Waals surface area contributed by atoms with Gasteiger partial charge in [-0.05, 0) is 185 Å². The smallest absolute Gasteiger partial charge is 0.137 e. The van der Waals surface area contributed by atoms with Gasteiger partial charge in [0.15, 0.2) is 0 Å². The zero-order chi connectivity index (χ0) is 56.7. The molecule has 0 spiro atoms. The number of para-hydroxylation sites is 2. The minimum absolute atomic E-state index is 0.839. The van der Waals surface area contributed by atoms with Crippen molar-refractivity contribution in [2.75, 3.05) is 9.80 Å². The lowest BCUT2D eigenvalue weighted by atomic mass is 9.84. The first-order chi connectivity index (χ1) is 42.6. The van der Waals surface area contributed by atoms with Crippen LogP contribution in [-0.4, -0.2) is 0 Å². The van der Waals surface area contributed by atoms with Crippen LogP contribution >= 0.6 is 0 Å². The Balaban J connectivity index is 0.937. The Morgan fingerprint density at radius 1 is 0.174 bits per heavy atom. The van der Waals surface area contributed by atoms with Gasteiger partial charge in [0.05, 0.1) is 0 Å². The molecule has 0 bridgehead atoms. The Kier molecular flexibility index (Phi) is 11.5. The molecule has 402 valence electrons. The van der Waals surface area contributed by atoms with Crippen molar-refractivity contribution in [2.45, 2.75) is 0 Å². The first-order valence-corrected chi connectivity index (χ1v) is 29.4. The van der Waals surface area contributed by atoms with E-state index in [0.29, 0.717) is 0 Å². The van der Waals surface area contributed by atoms with Crippen molar-refractivity contribution < 1.29 is 8.83 Å². The zero-order valence-electron chi connectivity index (χ0n) is 46.7. The average molecular weight is 1100 g/mol. The summed E-state index contributed by atoms with van der Waals surface area (Å²) < 4.78 is 13.2. The molecule has 2 heterocycles. The highest BCUT2D eigenvalue weighted by atomic mass is 16.3. The molecule has 86 heavy (non-hydrogen) atoms. The number of rotatable bonds is 10. The fourth-order valence-corrected chi connectivity index (χ4v) is 13.3. The van der Waals surface area contributed by atoms with Gasteiger partial charge in [-0.1, -0.05) is 206 Å². The quantitative estimate of drug-likeness (QED) is 0.128. The van der Waals surface area contributed by atoms with E-state index in [0.717, 1.165) is 133 Å². The monoisotopic (exact) mass is 1100 g/mol. The number of hydrogen-bond acceptors (Lipinski definition) is 4. The predicted molar refractivity (Wildman–Crippen MR) is 362 cm³/mol. The van der Waals surface area contributed by atoms with Crippen LogP contribution in [0.25, 0.3) is 131 Å². The van der Waals surface area contributed by atoms with Crippen molar-refractivity contribution in [1.29, 1.82) is 0 Å². The third-order valence-electron chi connectivity index (χ3n) is 17.4. The topological polar surface area (TPSA) is 32.8 Å². The lowest BCUT2D eigenvalue weighted by Gasteiger charge is -2.28. The number of nitrogens with zero attached hydrogens (tertiary/aromatic N) is 2. The normalized spacial score (nSPS) is 11.7. The summed E-state index contributed by atoms with van der Waals surface area (Å²) in [7, 11) is 0. The molecule has 0 aliphatic carbocycles.